The molecule has 0 heterocycles. The van der Waals surface area contributed by atoms with Crippen molar-refractivity contribution in [3.05, 3.63) is 59.7 Å². The Balaban J connectivity index is 2.32. The predicted octanol–water partition coefficient (Wildman–Crippen LogP) is 1.72. The number of amides is 1. The Morgan fingerprint density at radius 1 is 1.09 bits per heavy atom. The molecule has 7 heteroatoms. The molecule has 2 rings (SSSR count). The Morgan fingerprint density at radius 3 is 2.32 bits per heavy atom. The van der Waals surface area contributed by atoms with Gasteiger partial charge >= 0.3 is 0 Å². The van der Waals surface area contributed by atoms with Crippen LogP contribution in [0.4, 0.5) is 5.69 Å². The summed E-state index contributed by atoms with van der Waals surface area (Å²) in [5.74, 6) is -0.542. The molecule has 112 valence electrons. The number of hydrogen-bond acceptors (Lipinski definition) is 4. The number of benzene rings is 2. The molecule has 0 unspecified atom stereocenters. The lowest BCUT2D eigenvalue weighted by molar-refractivity contribution is 0.102. The minimum Gasteiger partial charge on any atom is -0.322 e. The molecule has 0 aliphatic heterocycles. The lowest BCUT2D eigenvalue weighted by Crippen LogP contribution is -2.23. The molecule has 1 amide bonds. The molecule has 0 aromatic heterocycles. The predicted molar refractivity (Wildman–Crippen MR) is 81.8 cm³/mol. The summed E-state index contributed by atoms with van der Waals surface area (Å²) in [6, 6.07) is 14.2. The topological polar surface area (TPSA) is 99.1 Å². The molecule has 0 saturated heterocycles. The molecule has 0 bridgehead atoms. The highest BCUT2D eigenvalue weighted by Crippen LogP contribution is 2.17. The Hall–Kier alpha value is -2.69. The summed E-state index contributed by atoms with van der Waals surface area (Å²) >= 11 is 0. The van der Waals surface area contributed by atoms with Gasteiger partial charge in [0.15, 0.2) is 0 Å². The van der Waals surface area contributed by atoms with E-state index in [9.17, 15) is 13.2 Å². The summed E-state index contributed by atoms with van der Waals surface area (Å²) in [6.45, 7) is 0. The number of rotatable bonds is 4. The van der Waals surface area contributed by atoms with Gasteiger partial charge in [-0.05, 0) is 43.4 Å². The molecule has 2 N–H and O–H groups in total. The van der Waals surface area contributed by atoms with E-state index in [0.29, 0.717) is 11.3 Å². The first-order valence-electron chi connectivity index (χ1n) is 6.32. The van der Waals surface area contributed by atoms with Crippen LogP contribution in [0.25, 0.3) is 0 Å². The first-order chi connectivity index (χ1) is 10.5. The maximum absolute atomic E-state index is 12.3. The van der Waals surface area contributed by atoms with Crippen molar-refractivity contribution in [3.8, 4) is 6.07 Å². The standard InChI is InChI=1S/C15H13N3O3S/c1-17-22(20,21)14-5-3-2-4-13(14)15(19)18-12-8-6-11(10-16)7-9-12/h2-9,17H,1H3,(H,18,19). The number of hydrogen-bond donors (Lipinski definition) is 2. The van der Waals surface area contributed by atoms with Crippen molar-refractivity contribution in [2.24, 2.45) is 0 Å². The van der Waals surface area contributed by atoms with Gasteiger partial charge in [-0.2, -0.15) is 5.26 Å². The lowest BCUT2D eigenvalue weighted by atomic mass is 10.2. The van der Waals surface area contributed by atoms with Crippen LogP contribution in [0.15, 0.2) is 53.4 Å². The van der Waals surface area contributed by atoms with Gasteiger partial charge in [-0.15, -0.1) is 0 Å². The second-order valence-corrected chi connectivity index (χ2v) is 6.20. The van der Waals surface area contributed by atoms with Gasteiger partial charge in [0.05, 0.1) is 22.1 Å². The smallest absolute Gasteiger partial charge is 0.257 e. The highest BCUT2D eigenvalue weighted by Gasteiger charge is 2.20. The second kappa shape index (κ2) is 6.39. The van der Waals surface area contributed by atoms with Gasteiger partial charge in [0, 0.05) is 5.69 Å². The van der Waals surface area contributed by atoms with Crippen molar-refractivity contribution in [2.45, 2.75) is 4.90 Å². The molecule has 22 heavy (non-hydrogen) atoms. The average Bonchev–Trinajstić information content (AvgIpc) is 2.55. The largest absolute Gasteiger partial charge is 0.322 e. The number of carbonyl (C=O) groups is 1. The van der Waals surface area contributed by atoms with Gasteiger partial charge in [0.1, 0.15) is 0 Å². The van der Waals surface area contributed by atoms with E-state index in [0.717, 1.165) is 0 Å². The molecule has 6 nitrogen and oxygen atoms in total. The highest BCUT2D eigenvalue weighted by molar-refractivity contribution is 7.89. The zero-order chi connectivity index (χ0) is 16.2. The van der Waals surface area contributed by atoms with E-state index in [1.54, 1.807) is 36.4 Å². The minimum absolute atomic E-state index is 0.0428. The normalized spacial score (nSPS) is 10.7. The maximum Gasteiger partial charge on any atom is 0.257 e. The second-order valence-electron chi connectivity index (χ2n) is 4.35. The van der Waals surface area contributed by atoms with E-state index in [-0.39, 0.29) is 10.5 Å². The van der Waals surface area contributed by atoms with Crippen molar-refractivity contribution in [3.63, 3.8) is 0 Å². The van der Waals surface area contributed by atoms with E-state index in [1.165, 1.54) is 19.2 Å². The molecule has 2 aromatic carbocycles. The average molecular weight is 315 g/mol. The van der Waals surface area contributed by atoms with E-state index in [4.69, 9.17) is 5.26 Å². The first kappa shape index (κ1) is 15.7. The molecule has 0 saturated carbocycles. The fraction of sp³-hybridized carbons (Fsp3) is 0.0667. The van der Waals surface area contributed by atoms with Gasteiger partial charge in [0.25, 0.3) is 5.91 Å². The van der Waals surface area contributed by atoms with Gasteiger partial charge in [0.2, 0.25) is 10.0 Å². The van der Waals surface area contributed by atoms with E-state index >= 15 is 0 Å². The van der Waals surface area contributed by atoms with Crippen LogP contribution in [0.2, 0.25) is 0 Å². The maximum atomic E-state index is 12.3. The third kappa shape index (κ3) is 3.31. The molecule has 0 aliphatic rings. The van der Waals surface area contributed by atoms with Crippen LogP contribution >= 0.6 is 0 Å². The van der Waals surface area contributed by atoms with Crippen LogP contribution in [0, 0.1) is 11.3 Å². The Labute approximate surface area is 128 Å². The molecular weight excluding hydrogens is 302 g/mol. The fourth-order valence-corrected chi connectivity index (χ4v) is 2.75. The molecule has 0 atom stereocenters. The van der Waals surface area contributed by atoms with Crippen LogP contribution < -0.4 is 10.0 Å². The van der Waals surface area contributed by atoms with Crippen LogP contribution in [0.3, 0.4) is 0 Å². The lowest BCUT2D eigenvalue weighted by Gasteiger charge is -2.10. The summed E-state index contributed by atoms with van der Waals surface area (Å²) < 4.78 is 26.1. The molecular formula is C15H13N3O3S. The van der Waals surface area contributed by atoms with Gasteiger partial charge in [-0.25, -0.2) is 13.1 Å². The van der Waals surface area contributed by atoms with Crippen molar-refractivity contribution in [2.75, 3.05) is 12.4 Å². The third-order valence-corrected chi connectivity index (χ3v) is 4.43. The zero-order valence-electron chi connectivity index (χ0n) is 11.7. The molecule has 2 aromatic rings. The van der Waals surface area contributed by atoms with Crippen molar-refractivity contribution in [1.29, 1.82) is 5.26 Å². The molecule has 0 spiro atoms. The minimum atomic E-state index is -3.73. The number of sulfonamides is 1. The first-order valence-corrected chi connectivity index (χ1v) is 7.80. The van der Waals surface area contributed by atoms with E-state index < -0.39 is 15.9 Å². The van der Waals surface area contributed by atoms with Crippen LogP contribution in [0.1, 0.15) is 15.9 Å². The Morgan fingerprint density at radius 2 is 1.73 bits per heavy atom. The summed E-state index contributed by atoms with van der Waals surface area (Å²) in [5.41, 5.74) is 0.984. The quantitative estimate of drug-likeness (QED) is 0.897. The summed E-state index contributed by atoms with van der Waals surface area (Å²) in [7, 11) is -2.45. The van der Waals surface area contributed by atoms with Gasteiger partial charge in [-0.3, -0.25) is 4.79 Å². The number of nitrogens with one attached hydrogen (secondary N) is 2. The zero-order valence-corrected chi connectivity index (χ0v) is 12.5. The van der Waals surface area contributed by atoms with Crippen LogP contribution in [-0.2, 0) is 10.0 Å². The number of nitriles is 1. The monoisotopic (exact) mass is 315 g/mol. The number of nitrogens with zero attached hydrogens (tertiary/aromatic N) is 1. The third-order valence-electron chi connectivity index (χ3n) is 2.96. The number of anilines is 1. The van der Waals surface area contributed by atoms with E-state index in [2.05, 4.69) is 10.0 Å². The summed E-state index contributed by atoms with van der Waals surface area (Å²) in [6.07, 6.45) is 0. The van der Waals surface area contributed by atoms with Crippen LogP contribution in [0.5, 0.6) is 0 Å². The number of carbonyl (C=O) groups excluding carboxylic acids is 1. The molecule has 0 radical (unpaired) electrons. The molecule has 0 aliphatic carbocycles. The summed E-state index contributed by atoms with van der Waals surface area (Å²) in [4.78, 5) is 12.2. The Kier molecular flexibility index (Phi) is 4.56. The van der Waals surface area contributed by atoms with Crippen LogP contribution in [-0.4, -0.2) is 21.4 Å². The van der Waals surface area contributed by atoms with Gasteiger partial charge < -0.3 is 5.32 Å². The van der Waals surface area contributed by atoms with E-state index in [1.807, 2.05) is 6.07 Å². The van der Waals surface area contributed by atoms with Crippen molar-refractivity contribution >= 4 is 21.6 Å². The van der Waals surface area contributed by atoms with Crippen molar-refractivity contribution < 1.29 is 13.2 Å². The van der Waals surface area contributed by atoms with Crippen molar-refractivity contribution in [1.82, 2.24) is 4.72 Å². The van der Waals surface area contributed by atoms with Gasteiger partial charge in [-0.1, -0.05) is 12.1 Å². The molecule has 0 fully saturated rings. The fourth-order valence-electron chi connectivity index (χ4n) is 1.83. The summed E-state index contributed by atoms with van der Waals surface area (Å²) in [5, 5.41) is 11.3. The SMILES string of the molecule is CNS(=O)(=O)c1ccccc1C(=O)Nc1ccc(C#N)cc1. The highest BCUT2D eigenvalue weighted by atomic mass is 32.2. The Bertz CT molecular complexity index is 837.